The first kappa shape index (κ1) is 21.3. The molecule has 164 valence electrons. The Balaban J connectivity index is 1.36. The van der Waals surface area contributed by atoms with Crippen molar-refractivity contribution in [3.8, 4) is 0 Å². The lowest BCUT2D eigenvalue weighted by Gasteiger charge is -2.46. The third-order valence-corrected chi connectivity index (χ3v) is 7.86. The van der Waals surface area contributed by atoms with Crippen molar-refractivity contribution in [1.29, 1.82) is 0 Å². The number of amides is 2. The molecular formula is C24H35N3O3. The van der Waals surface area contributed by atoms with Crippen LogP contribution in [-0.4, -0.2) is 85.5 Å². The number of carbonyl (C=O) groups is 2. The average molecular weight is 414 g/mol. The molecule has 0 aliphatic carbocycles. The van der Waals surface area contributed by atoms with Crippen molar-refractivity contribution < 1.29 is 14.3 Å². The number of aryl methyl sites for hydroxylation is 2. The molecule has 3 aliphatic heterocycles. The number of hydrogen-bond donors (Lipinski definition) is 0. The molecule has 0 unspecified atom stereocenters. The van der Waals surface area contributed by atoms with Crippen LogP contribution in [0.2, 0.25) is 0 Å². The van der Waals surface area contributed by atoms with Gasteiger partial charge in [0.05, 0.1) is 18.1 Å². The van der Waals surface area contributed by atoms with Gasteiger partial charge in [-0.15, -0.1) is 0 Å². The minimum Gasteiger partial charge on any atom is -0.383 e. The van der Waals surface area contributed by atoms with Gasteiger partial charge < -0.3 is 14.5 Å². The Morgan fingerprint density at radius 2 is 1.93 bits per heavy atom. The highest BCUT2D eigenvalue weighted by Gasteiger charge is 2.60. The Kier molecular flexibility index (Phi) is 6.16. The van der Waals surface area contributed by atoms with Gasteiger partial charge in [0.1, 0.15) is 0 Å². The minimum atomic E-state index is -0.0869. The van der Waals surface area contributed by atoms with E-state index in [4.69, 9.17) is 4.74 Å². The Labute approximate surface area is 180 Å². The number of carbonyl (C=O) groups excluding carboxylic acids is 2. The van der Waals surface area contributed by atoms with E-state index in [9.17, 15) is 9.59 Å². The predicted octanol–water partition coefficient (Wildman–Crippen LogP) is 1.96. The van der Waals surface area contributed by atoms with Crippen LogP contribution in [0, 0.1) is 18.8 Å². The molecule has 3 fully saturated rings. The second-order valence-corrected chi connectivity index (χ2v) is 9.27. The number of piperidine rings is 1. The second kappa shape index (κ2) is 8.67. The van der Waals surface area contributed by atoms with E-state index in [-0.39, 0.29) is 17.4 Å². The molecule has 4 rings (SSSR count). The van der Waals surface area contributed by atoms with E-state index in [1.54, 1.807) is 7.11 Å². The fourth-order valence-corrected chi connectivity index (χ4v) is 5.94. The molecular weight excluding hydrogens is 378 g/mol. The topological polar surface area (TPSA) is 53.1 Å². The van der Waals surface area contributed by atoms with Crippen molar-refractivity contribution in [2.45, 2.75) is 38.1 Å². The van der Waals surface area contributed by atoms with Gasteiger partial charge in [0.25, 0.3) is 0 Å². The third kappa shape index (κ3) is 3.76. The maximum atomic E-state index is 13.0. The lowest BCUT2D eigenvalue weighted by atomic mass is 9.75. The molecule has 0 saturated carbocycles. The standard InChI is InChI=1S/C24H35N3O3/c1-18-6-4-5-7-19(18)8-9-22(28)27-12-10-24(11-13-27)21-17-26(14-15-30-3)16-20(21)23(29)25(24)2/h4-7,20-21H,8-17H2,1-3H3/t20-,21+/m0/s1. The first-order valence-corrected chi connectivity index (χ1v) is 11.3. The summed E-state index contributed by atoms with van der Waals surface area (Å²) in [5.74, 6) is 1.01. The molecule has 6 nitrogen and oxygen atoms in total. The van der Waals surface area contributed by atoms with E-state index in [1.165, 1.54) is 11.1 Å². The van der Waals surface area contributed by atoms with Gasteiger partial charge in [-0.1, -0.05) is 24.3 Å². The van der Waals surface area contributed by atoms with Crippen LogP contribution in [0.15, 0.2) is 24.3 Å². The fourth-order valence-electron chi connectivity index (χ4n) is 5.94. The number of fused-ring (bicyclic) bond motifs is 2. The van der Waals surface area contributed by atoms with Crippen molar-refractivity contribution in [1.82, 2.24) is 14.7 Å². The molecule has 6 heteroatoms. The molecule has 0 bridgehead atoms. The van der Waals surface area contributed by atoms with Crippen LogP contribution in [0.1, 0.15) is 30.4 Å². The molecule has 2 atom stereocenters. The molecule has 3 saturated heterocycles. The molecule has 2 amide bonds. The van der Waals surface area contributed by atoms with Gasteiger partial charge in [-0.05, 0) is 37.3 Å². The highest BCUT2D eigenvalue weighted by Crippen LogP contribution is 2.48. The lowest BCUT2D eigenvalue weighted by Crippen LogP contribution is -2.56. The summed E-state index contributed by atoms with van der Waals surface area (Å²) in [5, 5.41) is 0. The SMILES string of the molecule is COCCN1C[C@@H]2C(=O)N(C)C3(CCN(C(=O)CCc4ccccc4C)CC3)[C@@H]2C1. The van der Waals surface area contributed by atoms with Crippen molar-refractivity contribution in [2.75, 3.05) is 53.5 Å². The number of hydrogen-bond acceptors (Lipinski definition) is 4. The highest BCUT2D eigenvalue weighted by atomic mass is 16.5. The van der Waals surface area contributed by atoms with E-state index >= 15 is 0 Å². The number of methoxy groups -OCH3 is 1. The van der Waals surface area contributed by atoms with Crippen LogP contribution in [0.4, 0.5) is 0 Å². The third-order valence-electron chi connectivity index (χ3n) is 7.86. The molecule has 0 aromatic heterocycles. The number of benzene rings is 1. The van der Waals surface area contributed by atoms with Crippen LogP contribution in [0.3, 0.4) is 0 Å². The van der Waals surface area contributed by atoms with Crippen molar-refractivity contribution in [2.24, 2.45) is 11.8 Å². The summed E-state index contributed by atoms with van der Waals surface area (Å²) in [6.07, 6.45) is 3.14. The predicted molar refractivity (Wildman–Crippen MR) is 116 cm³/mol. The minimum absolute atomic E-state index is 0.0869. The maximum absolute atomic E-state index is 13.0. The zero-order valence-electron chi connectivity index (χ0n) is 18.6. The maximum Gasteiger partial charge on any atom is 0.227 e. The first-order valence-electron chi connectivity index (χ1n) is 11.3. The van der Waals surface area contributed by atoms with Gasteiger partial charge in [-0.3, -0.25) is 14.5 Å². The smallest absolute Gasteiger partial charge is 0.227 e. The fraction of sp³-hybridized carbons (Fsp3) is 0.667. The molecule has 1 spiro atoms. The number of nitrogens with zero attached hydrogens (tertiary/aromatic N) is 3. The van der Waals surface area contributed by atoms with Crippen LogP contribution < -0.4 is 0 Å². The highest BCUT2D eigenvalue weighted by molar-refractivity contribution is 5.84. The van der Waals surface area contributed by atoms with Gasteiger partial charge >= 0.3 is 0 Å². The molecule has 1 aromatic carbocycles. The Morgan fingerprint density at radius 3 is 2.63 bits per heavy atom. The van der Waals surface area contributed by atoms with E-state index < -0.39 is 0 Å². The van der Waals surface area contributed by atoms with Crippen molar-refractivity contribution in [3.63, 3.8) is 0 Å². The number of likely N-dealkylation sites (tertiary alicyclic amines) is 3. The summed E-state index contributed by atoms with van der Waals surface area (Å²) >= 11 is 0. The summed E-state index contributed by atoms with van der Waals surface area (Å²) in [7, 11) is 3.71. The van der Waals surface area contributed by atoms with E-state index in [1.807, 2.05) is 29.0 Å². The molecule has 1 aromatic rings. The molecule has 30 heavy (non-hydrogen) atoms. The lowest BCUT2D eigenvalue weighted by molar-refractivity contribution is -0.137. The van der Waals surface area contributed by atoms with Gasteiger partial charge in [-0.2, -0.15) is 0 Å². The second-order valence-electron chi connectivity index (χ2n) is 9.27. The summed E-state index contributed by atoms with van der Waals surface area (Å²) in [5.41, 5.74) is 2.42. The van der Waals surface area contributed by atoms with E-state index in [2.05, 4.69) is 24.0 Å². The molecule has 0 radical (unpaired) electrons. The quantitative estimate of drug-likeness (QED) is 0.715. The summed E-state index contributed by atoms with van der Waals surface area (Å²) in [6.45, 7) is 7.02. The normalized spacial score (nSPS) is 25.9. The summed E-state index contributed by atoms with van der Waals surface area (Å²) < 4.78 is 5.23. The van der Waals surface area contributed by atoms with Crippen LogP contribution >= 0.6 is 0 Å². The van der Waals surface area contributed by atoms with Crippen molar-refractivity contribution in [3.05, 3.63) is 35.4 Å². The molecule has 3 heterocycles. The van der Waals surface area contributed by atoms with Crippen LogP contribution in [-0.2, 0) is 20.7 Å². The zero-order chi connectivity index (χ0) is 21.3. The zero-order valence-corrected chi connectivity index (χ0v) is 18.6. The molecule has 0 N–H and O–H groups in total. The first-order chi connectivity index (χ1) is 14.5. The molecule has 3 aliphatic rings. The van der Waals surface area contributed by atoms with Gasteiger partial charge in [0.15, 0.2) is 0 Å². The Bertz CT molecular complexity index is 788. The van der Waals surface area contributed by atoms with Gasteiger partial charge in [0.2, 0.25) is 11.8 Å². The summed E-state index contributed by atoms with van der Waals surface area (Å²) in [4.78, 5) is 32.3. The number of rotatable bonds is 6. The van der Waals surface area contributed by atoms with Gasteiger partial charge in [-0.25, -0.2) is 0 Å². The Morgan fingerprint density at radius 1 is 1.20 bits per heavy atom. The Hall–Kier alpha value is -1.92. The van der Waals surface area contributed by atoms with Crippen molar-refractivity contribution >= 4 is 11.8 Å². The number of ether oxygens (including phenoxy) is 1. The average Bonchev–Trinajstić information content (AvgIpc) is 3.27. The van der Waals surface area contributed by atoms with Gasteiger partial charge in [0, 0.05) is 59.2 Å². The largest absolute Gasteiger partial charge is 0.383 e. The summed E-state index contributed by atoms with van der Waals surface area (Å²) in [6, 6.07) is 8.29. The van der Waals surface area contributed by atoms with Crippen LogP contribution in [0.25, 0.3) is 0 Å². The van der Waals surface area contributed by atoms with E-state index in [0.717, 1.165) is 52.0 Å². The van der Waals surface area contributed by atoms with Crippen LogP contribution in [0.5, 0.6) is 0 Å². The monoisotopic (exact) mass is 413 g/mol. The van der Waals surface area contributed by atoms with E-state index in [0.29, 0.717) is 24.9 Å².